The van der Waals surface area contributed by atoms with Crippen molar-refractivity contribution in [1.29, 1.82) is 0 Å². The van der Waals surface area contributed by atoms with Gasteiger partial charge in [-0.05, 0) is 59.9 Å². The minimum absolute atomic E-state index is 0.0225. The van der Waals surface area contributed by atoms with Gasteiger partial charge in [-0.25, -0.2) is 0 Å². The molecule has 2 aromatic carbocycles. The lowest BCUT2D eigenvalue weighted by Crippen LogP contribution is -2.43. The number of amides is 1. The van der Waals surface area contributed by atoms with E-state index >= 15 is 0 Å². The van der Waals surface area contributed by atoms with E-state index < -0.39 is 11.7 Å². The van der Waals surface area contributed by atoms with E-state index in [2.05, 4.69) is 10.3 Å². The Kier molecular flexibility index (Phi) is 5.67. The number of pyridine rings is 1. The molecule has 160 valence electrons. The minimum Gasteiger partial charge on any atom is -0.374 e. The Morgan fingerprint density at radius 3 is 2.35 bits per heavy atom. The molecule has 7 heteroatoms. The quantitative estimate of drug-likeness (QED) is 0.629. The van der Waals surface area contributed by atoms with Crippen molar-refractivity contribution >= 4 is 11.6 Å². The van der Waals surface area contributed by atoms with Gasteiger partial charge in [0.15, 0.2) is 0 Å². The standard InChI is InChI=1S/C24H22F3N3O/c1-16(29-22-8-11-28-12-9-22)23(31)30-13-10-19-14-18(2-3-20(19)15-30)17-4-6-21(7-5-17)24(25,26)27/h2-9,11-12,14,16H,10,13,15H2,1H3,(H,28,29)/t16-/m1/s1. The Morgan fingerprint density at radius 2 is 1.68 bits per heavy atom. The molecule has 1 aliphatic heterocycles. The molecule has 3 aromatic rings. The average molecular weight is 425 g/mol. The van der Waals surface area contributed by atoms with E-state index in [4.69, 9.17) is 0 Å². The molecule has 0 bridgehead atoms. The number of alkyl halides is 3. The summed E-state index contributed by atoms with van der Waals surface area (Å²) in [5.74, 6) is 0.0225. The second-order valence-electron chi connectivity index (χ2n) is 7.67. The first kappa shape index (κ1) is 20.9. The first-order valence-corrected chi connectivity index (χ1v) is 10.1. The lowest BCUT2D eigenvalue weighted by atomic mass is 9.94. The van der Waals surface area contributed by atoms with Crippen molar-refractivity contribution in [2.24, 2.45) is 0 Å². The molecule has 0 spiro atoms. The fraction of sp³-hybridized carbons (Fsp3) is 0.250. The SMILES string of the molecule is C[C@@H](Nc1ccncc1)C(=O)N1CCc2cc(-c3ccc(C(F)(F)F)cc3)ccc2C1. The van der Waals surface area contributed by atoms with Crippen molar-refractivity contribution in [2.75, 3.05) is 11.9 Å². The van der Waals surface area contributed by atoms with E-state index in [1.807, 2.05) is 42.2 Å². The normalized spacial score (nSPS) is 14.6. The van der Waals surface area contributed by atoms with Crippen molar-refractivity contribution in [2.45, 2.75) is 32.1 Å². The molecular weight excluding hydrogens is 403 g/mol. The van der Waals surface area contributed by atoms with Crippen molar-refractivity contribution in [3.8, 4) is 11.1 Å². The Morgan fingerprint density at radius 1 is 1.00 bits per heavy atom. The van der Waals surface area contributed by atoms with Crippen LogP contribution in [0.3, 0.4) is 0 Å². The number of benzene rings is 2. The van der Waals surface area contributed by atoms with E-state index in [1.165, 1.54) is 12.1 Å². The molecule has 1 amide bonds. The summed E-state index contributed by atoms with van der Waals surface area (Å²) in [7, 11) is 0. The maximum Gasteiger partial charge on any atom is 0.416 e. The van der Waals surface area contributed by atoms with E-state index in [9.17, 15) is 18.0 Å². The van der Waals surface area contributed by atoms with Gasteiger partial charge in [0.25, 0.3) is 0 Å². The molecule has 0 unspecified atom stereocenters. The van der Waals surface area contributed by atoms with E-state index in [1.54, 1.807) is 12.4 Å². The summed E-state index contributed by atoms with van der Waals surface area (Å²) < 4.78 is 38.4. The average Bonchev–Trinajstić information content (AvgIpc) is 2.78. The van der Waals surface area contributed by atoms with Crippen LogP contribution in [-0.4, -0.2) is 28.4 Å². The third kappa shape index (κ3) is 4.71. The molecule has 1 aromatic heterocycles. The number of anilines is 1. The highest BCUT2D eigenvalue weighted by Gasteiger charge is 2.30. The molecule has 4 nitrogen and oxygen atoms in total. The summed E-state index contributed by atoms with van der Waals surface area (Å²) in [6.07, 6.45) is -0.291. The number of hydrogen-bond acceptors (Lipinski definition) is 3. The molecular formula is C24H22F3N3O. The highest BCUT2D eigenvalue weighted by Crippen LogP contribution is 2.32. The van der Waals surface area contributed by atoms with Crippen LogP contribution in [0, 0.1) is 0 Å². The second kappa shape index (κ2) is 8.41. The number of halogens is 3. The number of hydrogen-bond donors (Lipinski definition) is 1. The highest BCUT2D eigenvalue weighted by molar-refractivity contribution is 5.84. The lowest BCUT2D eigenvalue weighted by molar-refractivity contribution is -0.137. The zero-order valence-electron chi connectivity index (χ0n) is 17.0. The zero-order valence-corrected chi connectivity index (χ0v) is 17.0. The smallest absolute Gasteiger partial charge is 0.374 e. The van der Waals surface area contributed by atoms with Gasteiger partial charge in [-0.2, -0.15) is 13.2 Å². The number of carbonyl (C=O) groups is 1. The fourth-order valence-electron chi connectivity index (χ4n) is 3.81. The monoisotopic (exact) mass is 425 g/mol. The molecule has 0 radical (unpaired) electrons. The van der Waals surface area contributed by atoms with Crippen LogP contribution >= 0.6 is 0 Å². The maximum absolute atomic E-state index is 12.9. The largest absolute Gasteiger partial charge is 0.416 e. The number of carbonyl (C=O) groups excluding carboxylic acids is 1. The topological polar surface area (TPSA) is 45.2 Å². The third-order valence-electron chi connectivity index (χ3n) is 5.51. The molecule has 31 heavy (non-hydrogen) atoms. The molecule has 1 atom stereocenters. The molecule has 0 saturated carbocycles. The van der Waals surface area contributed by atoms with Crippen LogP contribution < -0.4 is 5.32 Å². The van der Waals surface area contributed by atoms with Crippen molar-refractivity contribution in [3.63, 3.8) is 0 Å². The van der Waals surface area contributed by atoms with E-state index in [-0.39, 0.29) is 11.9 Å². The van der Waals surface area contributed by atoms with Gasteiger partial charge in [-0.15, -0.1) is 0 Å². The van der Waals surface area contributed by atoms with Crippen molar-refractivity contribution < 1.29 is 18.0 Å². The van der Waals surface area contributed by atoms with Crippen molar-refractivity contribution in [1.82, 2.24) is 9.88 Å². The van der Waals surface area contributed by atoms with Gasteiger partial charge in [0.1, 0.15) is 6.04 Å². The first-order valence-electron chi connectivity index (χ1n) is 10.1. The number of rotatable bonds is 4. The molecule has 2 heterocycles. The number of nitrogens with one attached hydrogen (secondary N) is 1. The number of fused-ring (bicyclic) bond motifs is 1. The summed E-state index contributed by atoms with van der Waals surface area (Å²) in [6.45, 7) is 2.96. The first-order chi connectivity index (χ1) is 14.8. The zero-order chi connectivity index (χ0) is 22.0. The minimum atomic E-state index is -4.34. The summed E-state index contributed by atoms with van der Waals surface area (Å²) in [5.41, 5.74) is 3.99. The van der Waals surface area contributed by atoms with E-state index in [0.717, 1.165) is 40.1 Å². The maximum atomic E-state index is 12.9. The Labute approximate surface area is 178 Å². The Balaban J connectivity index is 1.45. The Bertz CT molecular complexity index is 1070. The van der Waals surface area contributed by atoms with Crippen LogP contribution in [0.15, 0.2) is 67.0 Å². The van der Waals surface area contributed by atoms with Gasteiger partial charge < -0.3 is 10.2 Å². The second-order valence-corrected chi connectivity index (χ2v) is 7.67. The molecule has 0 fully saturated rings. The van der Waals surface area contributed by atoms with Gasteiger partial charge in [0, 0.05) is 31.2 Å². The lowest BCUT2D eigenvalue weighted by Gasteiger charge is -2.31. The van der Waals surface area contributed by atoms with Gasteiger partial charge >= 0.3 is 6.18 Å². The van der Waals surface area contributed by atoms with Crippen LogP contribution in [0.2, 0.25) is 0 Å². The summed E-state index contributed by atoms with van der Waals surface area (Å²) >= 11 is 0. The molecule has 1 aliphatic rings. The van der Waals surface area contributed by atoms with Gasteiger partial charge in [-0.1, -0.05) is 30.3 Å². The molecule has 4 rings (SSSR count). The van der Waals surface area contributed by atoms with Gasteiger partial charge in [0.2, 0.25) is 5.91 Å². The fourth-order valence-corrected chi connectivity index (χ4v) is 3.81. The van der Waals surface area contributed by atoms with Gasteiger partial charge in [-0.3, -0.25) is 9.78 Å². The van der Waals surface area contributed by atoms with Crippen molar-refractivity contribution in [3.05, 3.63) is 83.7 Å². The highest BCUT2D eigenvalue weighted by atomic mass is 19.4. The van der Waals surface area contributed by atoms with Gasteiger partial charge in [0.05, 0.1) is 5.56 Å². The number of aromatic nitrogens is 1. The number of nitrogens with zero attached hydrogens (tertiary/aromatic N) is 2. The molecule has 0 saturated heterocycles. The summed E-state index contributed by atoms with van der Waals surface area (Å²) in [4.78, 5) is 18.7. The van der Waals surface area contributed by atoms with E-state index in [0.29, 0.717) is 19.5 Å². The van der Waals surface area contributed by atoms with Crippen LogP contribution in [-0.2, 0) is 23.9 Å². The van der Waals surface area contributed by atoms with Crippen LogP contribution in [0.5, 0.6) is 0 Å². The predicted octanol–water partition coefficient (Wildman–Crippen LogP) is 5.15. The third-order valence-corrected chi connectivity index (χ3v) is 5.51. The molecule has 1 N–H and O–H groups in total. The summed E-state index contributed by atoms with van der Waals surface area (Å²) in [5, 5.41) is 3.20. The van der Waals surface area contributed by atoms with Crippen LogP contribution in [0.1, 0.15) is 23.6 Å². The Hall–Kier alpha value is -3.35. The van der Waals surface area contributed by atoms with Crippen LogP contribution in [0.25, 0.3) is 11.1 Å². The predicted molar refractivity (Wildman–Crippen MR) is 113 cm³/mol. The van der Waals surface area contributed by atoms with Crippen LogP contribution in [0.4, 0.5) is 18.9 Å². The summed E-state index contributed by atoms with van der Waals surface area (Å²) in [6, 6.07) is 14.3. The molecule has 0 aliphatic carbocycles.